The molecule has 112 valence electrons. The zero-order valence-corrected chi connectivity index (χ0v) is 12.6. The molecule has 0 spiro atoms. The van der Waals surface area contributed by atoms with Crippen molar-refractivity contribution in [3.05, 3.63) is 0 Å². The highest BCUT2D eigenvalue weighted by atomic mass is 16.5. The Morgan fingerprint density at radius 3 is 2.53 bits per heavy atom. The van der Waals surface area contributed by atoms with Crippen LogP contribution in [0.2, 0.25) is 0 Å². The van der Waals surface area contributed by atoms with Crippen LogP contribution in [-0.2, 0) is 4.74 Å². The maximum Gasteiger partial charge on any atom is 0.208 e. The number of aliphatic imine (C=N–C) groups is 1. The van der Waals surface area contributed by atoms with Gasteiger partial charge < -0.3 is 9.64 Å². The van der Waals surface area contributed by atoms with Crippen molar-refractivity contribution in [2.45, 2.75) is 20.3 Å². The standard InChI is InChI=1S/C13H29N5O/c1-12(2)11-17-6-8-18(9-7-17)13(16-14)15-5-4-10-19-3/h12H,4-11,14H2,1-3H3,(H,15,16). The highest BCUT2D eigenvalue weighted by molar-refractivity contribution is 5.79. The summed E-state index contributed by atoms with van der Waals surface area (Å²) in [5.41, 5.74) is 2.72. The number of nitrogens with zero attached hydrogens (tertiary/aromatic N) is 3. The number of rotatable bonds is 6. The number of hydrogen-bond acceptors (Lipinski definition) is 4. The topological polar surface area (TPSA) is 66.1 Å². The zero-order valence-electron chi connectivity index (χ0n) is 12.6. The second-order valence-corrected chi connectivity index (χ2v) is 5.38. The minimum absolute atomic E-state index is 0.723. The fourth-order valence-electron chi connectivity index (χ4n) is 2.29. The van der Waals surface area contributed by atoms with Crippen LogP contribution in [-0.4, -0.2) is 68.7 Å². The fraction of sp³-hybridized carbons (Fsp3) is 0.923. The van der Waals surface area contributed by atoms with Gasteiger partial charge >= 0.3 is 0 Å². The van der Waals surface area contributed by atoms with Gasteiger partial charge in [0.15, 0.2) is 0 Å². The molecule has 1 saturated heterocycles. The Morgan fingerprint density at radius 2 is 2.00 bits per heavy atom. The number of nitrogens with one attached hydrogen (secondary N) is 1. The van der Waals surface area contributed by atoms with E-state index in [0.29, 0.717) is 0 Å². The van der Waals surface area contributed by atoms with E-state index in [2.05, 4.69) is 34.1 Å². The van der Waals surface area contributed by atoms with E-state index in [0.717, 1.165) is 57.6 Å². The quantitative estimate of drug-likeness (QED) is 0.236. The van der Waals surface area contributed by atoms with Crippen LogP contribution in [0, 0.1) is 5.92 Å². The first-order valence-electron chi connectivity index (χ1n) is 7.14. The van der Waals surface area contributed by atoms with Crippen molar-refractivity contribution in [2.75, 3.05) is 53.0 Å². The highest BCUT2D eigenvalue weighted by Gasteiger charge is 2.19. The van der Waals surface area contributed by atoms with Crippen molar-refractivity contribution in [1.82, 2.24) is 15.2 Å². The van der Waals surface area contributed by atoms with Crippen molar-refractivity contribution in [1.29, 1.82) is 0 Å². The van der Waals surface area contributed by atoms with E-state index in [4.69, 9.17) is 10.6 Å². The molecule has 1 aliphatic heterocycles. The number of hydrogen-bond donors (Lipinski definition) is 2. The molecule has 0 aromatic heterocycles. The summed E-state index contributed by atoms with van der Waals surface area (Å²) in [7, 11) is 1.71. The Kier molecular flexibility index (Phi) is 7.78. The molecule has 1 heterocycles. The maximum atomic E-state index is 5.57. The number of hydrazine groups is 1. The lowest BCUT2D eigenvalue weighted by Crippen LogP contribution is -2.54. The lowest BCUT2D eigenvalue weighted by Gasteiger charge is -2.36. The Hall–Kier alpha value is -0.850. The summed E-state index contributed by atoms with van der Waals surface area (Å²) < 4.78 is 5.01. The van der Waals surface area contributed by atoms with Crippen LogP contribution in [0.4, 0.5) is 0 Å². The van der Waals surface area contributed by atoms with Crippen LogP contribution in [0.5, 0.6) is 0 Å². The Balaban J connectivity index is 2.34. The molecule has 3 N–H and O–H groups in total. The van der Waals surface area contributed by atoms with E-state index in [1.165, 1.54) is 6.54 Å². The van der Waals surface area contributed by atoms with Gasteiger partial charge in [-0.2, -0.15) is 0 Å². The van der Waals surface area contributed by atoms with Gasteiger partial charge in [0, 0.05) is 53.0 Å². The molecular formula is C13H29N5O. The molecule has 1 aliphatic rings. The van der Waals surface area contributed by atoms with Crippen molar-refractivity contribution >= 4 is 5.96 Å². The molecule has 0 bridgehead atoms. The summed E-state index contributed by atoms with van der Waals surface area (Å²) in [4.78, 5) is 9.22. The van der Waals surface area contributed by atoms with Crippen molar-refractivity contribution < 1.29 is 4.74 Å². The second kappa shape index (κ2) is 9.12. The molecular weight excluding hydrogens is 242 g/mol. The van der Waals surface area contributed by atoms with Gasteiger partial charge in [0.05, 0.1) is 0 Å². The van der Waals surface area contributed by atoms with Crippen LogP contribution in [0.15, 0.2) is 4.99 Å². The van der Waals surface area contributed by atoms with Gasteiger partial charge in [-0.15, -0.1) is 0 Å². The summed E-state index contributed by atoms with van der Waals surface area (Å²) in [6.07, 6.45) is 0.926. The van der Waals surface area contributed by atoms with Crippen LogP contribution in [0.1, 0.15) is 20.3 Å². The van der Waals surface area contributed by atoms with E-state index < -0.39 is 0 Å². The third-order valence-corrected chi connectivity index (χ3v) is 3.19. The smallest absolute Gasteiger partial charge is 0.208 e. The summed E-state index contributed by atoms with van der Waals surface area (Å²) in [6.45, 7) is 11.3. The number of piperazine rings is 1. The van der Waals surface area contributed by atoms with E-state index >= 15 is 0 Å². The number of methoxy groups -OCH3 is 1. The molecule has 0 aromatic carbocycles. The van der Waals surface area contributed by atoms with Gasteiger partial charge in [-0.1, -0.05) is 13.8 Å². The average molecular weight is 271 g/mol. The average Bonchev–Trinajstić information content (AvgIpc) is 2.40. The monoisotopic (exact) mass is 271 g/mol. The van der Waals surface area contributed by atoms with Crippen molar-refractivity contribution in [2.24, 2.45) is 16.8 Å². The first-order chi connectivity index (χ1) is 9.17. The molecule has 0 saturated carbocycles. The molecule has 0 aromatic rings. The van der Waals surface area contributed by atoms with Crippen molar-refractivity contribution in [3.63, 3.8) is 0 Å². The summed E-state index contributed by atoms with van der Waals surface area (Å²) in [5, 5.41) is 0. The second-order valence-electron chi connectivity index (χ2n) is 5.38. The number of ether oxygens (including phenoxy) is 1. The predicted octanol–water partition coefficient (Wildman–Crippen LogP) is 0.116. The maximum absolute atomic E-state index is 5.57. The van der Waals surface area contributed by atoms with Gasteiger partial charge in [0.2, 0.25) is 5.96 Å². The Bertz CT molecular complexity index is 262. The van der Waals surface area contributed by atoms with Crippen molar-refractivity contribution in [3.8, 4) is 0 Å². The van der Waals surface area contributed by atoms with E-state index in [1.807, 2.05) is 0 Å². The molecule has 1 rings (SSSR count). The minimum atomic E-state index is 0.723. The van der Waals surface area contributed by atoms with E-state index in [9.17, 15) is 0 Å². The molecule has 19 heavy (non-hydrogen) atoms. The predicted molar refractivity (Wildman–Crippen MR) is 79.0 cm³/mol. The van der Waals surface area contributed by atoms with Crippen LogP contribution in [0.3, 0.4) is 0 Å². The summed E-state index contributed by atoms with van der Waals surface area (Å²) >= 11 is 0. The normalized spacial score (nSPS) is 18.2. The van der Waals surface area contributed by atoms with E-state index in [1.54, 1.807) is 7.11 Å². The molecule has 0 unspecified atom stereocenters. The SMILES string of the molecule is COCCCN=C(NN)N1CCN(CC(C)C)CC1. The molecule has 0 amide bonds. The number of guanidine groups is 1. The van der Waals surface area contributed by atoms with Crippen LogP contribution in [0.25, 0.3) is 0 Å². The fourth-order valence-corrected chi connectivity index (χ4v) is 2.29. The third-order valence-electron chi connectivity index (χ3n) is 3.19. The Labute approximate surface area is 117 Å². The molecule has 6 heteroatoms. The van der Waals surface area contributed by atoms with Crippen LogP contribution >= 0.6 is 0 Å². The van der Waals surface area contributed by atoms with Gasteiger partial charge in [-0.3, -0.25) is 15.3 Å². The molecule has 1 fully saturated rings. The van der Waals surface area contributed by atoms with Gasteiger partial charge in [0.25, 0.3) is 0 Å². The lowest BCUT2D eigenvalue weighted by molar-refractivity contribution is 0.163. The first-order valence-corrected chi connectivity index (χ1v) is 7.14. The molecule has 6 nitrogen and oxygen atoms in total. The third kappa shape index (κ3) is 6.22. The Morgan fingerprint density at radius 1 is 1.32 bits per heavy atom. The van der Waals surface area contributed by atoms with E-state index in [-0.39, 0.29) is 0 Å². The first kappa shape index (κ1) is 16.2. The molecule has 0 radical (unpaired) electrons. The minimum Gasteiger partial charge on any atom is -0.385 e. The summed E-state index contributed by atoms with van der Waals surface area (Å²) in [5.74, 6) is 7.10. The van der Waals surface area contributed by atoms with Gasteiger partial charge in [0.1, 0.15) is 0 Å². The summed E-state index contributed by atoms with van der Waals surface area (Å²) in [6, 6.07) is 0. The largest absolute Gasteiger partial charge is 0.385 e. The van der Waals surface area contributed by atoms with Gasteiger partial charge in [-0.05, 0) is 12.3 Å². The number of nitrogens with two attached hydrogens (primary N) is 1. The zero-order chi connectivity index (χ0) is 14.1. The molecule has 0 aliphatic carbocycles. The van der Waals surface area contributed by atoms with Gasteiger partial charge in [-0.25, -0.2) is 5.84 Å². The van der Waals surface area contributed by atoms with Crippen LogP contribution < -0.4 is 11.3 Å². The molecule has 0 atom stereocenters. The highest BCUT2D eigenvalue weighted by Crippen LogP contribution is 2.05. The lowest BCUT2D eigenvalue weighted by atomic mass is 10.2.